The number of aliphatic imine (C=N–C) groups is 1. The van der Waals surface area contributed by atoms with Crippen molar-refractivity contribution in [2.24, 2.45) is 10.7 Å². The first kappa shape index (κ1) is 13.3. The van der Waals surface area contributed by atoms with Gasteiger partial charge in [0.05, 0.1) is 6.54 Å². The minimum absolute atomic E-state index is 0.249. The number of rotatable bonds is 5. The molecule has 0 aromatic rings. The van der Waals surface area contributed by atoms with Crippen molar-refractivity contribution in [3.8, 4) is 0 Å². The van der Waals surface area contributed by atoms with Crippen LogP contribution in [0.2, 0.25) is 0 Å². The van der Waals surface area contributed by atoms with Crippen molar-refractivity contribution in [2.45, 2.75) is 44.6 Å². The predicted molar refractivity (Wildman–Crippen MR) is 69.7 cm³/mol. The standard InChI is InChI=1S/C12H26N4/c1-4-9-14-11(13)15-10-12(16(2)3)7-5-6-8-12/h4-10H2,1-3H3,(H3,13,14,15). The lowest BCUT2D eigenvalue weighted by molar-refractivity contribution is 0.167. The number of nitrogens with two attached hydrogens (primary N) is 1. The lowest BCUT2D eigenvalue weighted by atomic mass is 9.96. The largest absolute Gasteiger partial charge is 0.370 e. The number of hydrogen-bond donors (Lipinski definition) is 2. The molecule has 94 valence electrons. The number of nitrogens with zero attached hydrogens (tertiary/aromatic N) is 2. The molecule has 4 nitrogen and oxygen atoms in total. The highest BCUT2D eigenvalue weighted by molar-refractivity contribution is 5.77. The maximum Gasteiger partial charge on any atom is 0.188 e. The highest BCUT2D eigenvalue weighted by Crippen LogP contribution is 2.33. The molecule has 0 heterocycles. The van der Waals surface area contributed by atoms with Gasteiger partial charge in [-0.3, -0.25) is 4.99 Å². The van der Waals surface area contributed by atoms with E-state index < -0.39 is 0 Å². The van der Waals surface area contributed by atoms with Crippen molar-refractivity contribution in [3.63, 3.8) is 0 Å². The second kappa shape index (κ2) is 6.09. The zero-order chi connectivity index (χ0) is 12.0. The molecule has 0 amide bonds. The zero-order valence-electron chi connectivity index (χ0n) is 10.9. The molecular weight excluding hydrogens is 200 g/mol. The molecule has 0 saturated heterocycles. The van der Waals surface area contributed by atoms with Crippen molar-refractivity contribution >= 4 is 5.96 Å². The Kier molecular flexibility index (Phi) is 5.06. The van der Waals surface area contributed by atoms with Gasteiger partial charge in [0, 0.05) is 12.1 Å². The first-order chi connectivity index (χ1) is 7.60. The molecule has 1 aliphatic rings. The van der Waals surface area contributed by atoms with Gasteiger partial charge >= 0.3 is 0 Å². The summed E-state index contributed by atoms with van der Waals surface area (Å²) in [5, 5.41) is 3.12. The second-order valence-corrected chi connectivity index (χ2v) is 4.95. The molecule has 0 atom stereocenters. The average Bonchev–Trinajstić information content (AvgIpc) is 2.73. The lowest BCUT2D eigenvalue weighted by Gasteiger charge is -2.34. The van der Waals surface area contributed by atoms with E-state index in [0.717, 1.165) is 19.5 Å². The third-order valence-corrected chi connectivity index (χ3v) is 3.58. The van der Waals surface area contributed by atoms with Gasteiger partial charge in [0.1, 0.15) is 0 Å². The van der Waals surface area contributed by atoms with E-state index in [9.17, 15) is 0 Å². The van der Waals surface area contributed by atoms with Crippen LogP contribution >= 0.6 is 0 Å². The molecule has 1 saturated carbocycles. The molecule has 1 fully saturated rings. The zero-order valence-corrected chi connectivity index (χ0v) is 10.9. The summed E-state index contributed by atoms with van der Waals surface area (Å²) in [7, 11) is 4.30. The maximum atomic E-state index is 5.82. The highest BCUT2D eigenvalue weighted by atomic mass is 15.2. The van der Waals surface area contributed by atoms with Gasteiger partial charge in [-0.05, 0) is 33.4 Å². The highest BCUT2D eigenvalue weighted by Gasteiger charge is 2.35. The molecule has 16 heavy (non-hydrogen) atoms. The molecule has 0 radical (unpaired) electrons. The van der Waals surface area contributed by atoms with Crippen LogP contribution in [0.5, 0.6) is 0 Å². The van der Waals surface area contributed by atoms with E-state index in [1.54, 1.807) is 0 Å². The fourth-order valence-corrected chi connectivity index (χ4v) is 2.32. The van der Waals surface area contributed by atoms with Crippen LogP contribution in [0, 0.1) is 0 Å². The van der Waals surface area contributed by atoms with Crippen LogP contribution in [-0.2, 0) is 0 Å². The summed E-state index contributed by atoms with van der Waals surface area (Å²) in [6.07, 6.45) is 6.19. The van der Waals surface area contributed by atoms with E-state index in [2.05, 4.69) is 36.2 Å². The van der Waals surface area contributed by atoms with E-state index >= 15 is 0 Å². The number of hydrogen-bond acceptors (Lipinski definition) is 2. The Balaban J connectivity index is 2.49. The summed E-state index contributed by atoms with van der Waals surface area (Å²) < 4.78 is 0. The summed E-state index contributed by atoms with van der Waals surface area (Å²) in [6, 6.07) is 0. The third-order valence-electron chi connectivity index (χ3n) is 3.58. The Bertz CT molecular complexity index is 229. The summed E-state index contributed by atoms with van der Waals surface area (Å²) in [6.45, 7) is 3.85. The van der Waals surface area contributed by atoms with E-state index in [0.29, 0.717) is 5.96 Å². The van der Waals surface area contributed by atoms with Gasteiger partial charge in [0.25, 0.3) is 0 Å². The third kappa shape index (κ3) is 3.37. The maximum absolute atomic E-state index is 5.82. The fourth-order valence-electron chi connectivity index (χ4n) is 2.32. The van der Waals surface area contributed by atoms with E-state index in [1.165, 1.54) is 25.7 Å². The minimum atomic E-state index is 0.249. The van der Waals surface area contributed by atoms with Gasteiger partial charge < -0.3 is 16.0 Å². The topological polar surface area (TPSA) is 53.6 Å². The molecular formula is C12H26N4. The van der Waals surface area contributed by atoms with Crippen LogP contribution in [0.3, 0.4) is 0 Å². The smallest absolute Gasteiger partial charge is 0.188 e. The van der Waals surface area contributed by atoms with Crippen molar-refractivity contribution < 1.29 is 0 Å². The molecule has 1 rings (SSSR count). The van der Waals surface area contributed by atoms with Crippen molar-refractivity contribution in [2.75, 3.05) is 27.2 Å². The summed E-state index contributed by atoms with van der Waals surface area (Å²) in [4.78, 5) is 6.79. The van der Waals surface area contributed by atoms with Gasteiger partial charge in [-0.1, -0.05) is 19.8 Å². The van der Waals surface area contributed by atoms with Crippen LogP contribution in [0.15, 0.2) is 4.99 Å². The number of likely N-dealkylation sites (N-methyl/N-ethyl adjacent to an activating group) is 1. The molecule has 0 aromatic heterocycles. The van der Waals surface area contributed by atoms with Gasteiger partial charge in [-0.2, -0.15) is 0 Å². The normalized spacial score (nSPS) is 20.4. The van der Waals surface area contributed by atoms with E-state index in [1.807, 2.05) is 0 Å². The SMILES string of the molecule is CCCNC(N)=NCC1(N(C)C)CCCC1. The van der Waals surface area contributed by atoms with Crippen molar-refractivity contribution in [3.05, 3.63) is 0 Å². The van der Waals surface area contributed by atoms with Crippen LogP contribution in [0.4, 0.5) is 0 Å². The van der Waals surface area contributed by atoms with Crippen LogP contribution in [0.25, 0.3) is 0 Å². The molecule has 0 aromatic carbocycles. The molecule has 0 unspecified atom stereocenters. The molecule has 0 aliphatic heterocycles. The molecule has 0 bridgehead atoms. The Morgan fingerprint density at radius 1 is 1.38 bits per heavy atom. The minimum Gasteiger partial charge on any atom is -0.370 e. The fraction of sp³-hybridized carbons (Fsp3) is 0.917. The van der Waals surface area contributed by atoms with E-state index in [4.69, 9.17) is 5.73 Å². The molecule has 0 spiro atoms. The van der Waals surface area contributed by atoms with Crippen LogP contribution in [-0.4, -0.2) is 43.6 Å². The Morgan fingerprint density at radius 3 is 2.50 bits per heavy atom. The summed E-state index contributed by atoms with van der Waals surface area (Å²) in [5.74, 6) is 0.593. The van der Waals surface area contributed by atoms with Crippen molar-refractivity contribution in [1.29, 1.82) is 0 Å². The molecule has 4 heteroatoms. The summed E-state index contributed by atoms with van der Waals surface area (Å²) in [5.41, 5.74) is 6.07. The first-order valence-electron chi connectivity index (χ1n) is 6.32. The Hall–Kier alpha value is -0.770. The molecule has 3 N–H and O–H groups in total. The Labute approximate surface area is 99.3 Å². The summed E-state index contributed by atoms with van der Waals surface area (Å²) >= 11 is 0. The lowest BCUT2D eigenvalue weighted by Crippen LogP contribution is -2.45. The van der Waals surface area contributed by atoms with Gasteiger partial charge in [0.2, 0.25) is 0 Å². The average molecular weight is 226 g/mol. The van der Waals surface area contributed by atoms with Crippen molar-refractivity contribution in [1.82, 2.24) is 10.2 Å². The van der Waals surface area contributed by atoms with Gasteiger partial charge in [-0.15, -0.1) is 0 Å². The quantitative estimate of drug-likeness (QED) is 0.546. The van der Waals surface area contributed by atoms with Gasteiger partial charge in [-0.25, -0.2) is 0 Å². The number of guanidine groups is 1. The first-order valence-corrected chi connectivity index (χ1v) is 6.32. The van der Waals surface area contributed by atoms with E-state index in [-0.39, 0.29) is 5.54 Å². The van der Waals surface area contributed by atoms with Crippen LogP contribution in [0.1, 0.15) is 39.0 Å². The monoisotopic (exact) mass is 226 g/mol. The van der Waals surface area contributed by atoms with Gasteiger partial charge in [0.15, 0.2) is 5.96 Å². The molecule has 1 aliphatic carbocycles. The predicted octanol–water partition coefficient (Wildman–Crippen LogP) is 1.18. The Morgan fingerprint density at radius 2 is 2.00 bits per heavy atom. The van der Waals surface area contributed by atoms with Crippen LogP contribution < -0.4 is 11.1 Å². The number of nitrogens with one attached hydrogen (secondary N) is 1. The second-order valence-electron chi connectivity index (χ2n) is 4.95.